The number of furan rings is 1. The Bertz CT molecular complexity index is 824. The van der Waals surface area contributed by atoms with Crippen LogP contribution in [0.3, 0.4) is 0 Å². The molecule has 1 amide bonds. The third kappa shape index (κ3) is 3.38. The summed E-state index contributed by atoms with van der Waals surface area (Å²) in [5.74, 6) is 0.0326. The van der Waals surface area contributed by atoms with Gasteiger partial charge in [0.15, 0.2) is 5.76 Å². The molecule has 3 aromatic rings. The van der Waals surface area contributed by atoms with E-state index < -0.39 is 0 Å². The first-order valence-electron chi connectivity index (χ1n) is 7.21. The van der Waals surface area contributed by atoms with Crippen LogP contribution in [0.1, 0.15) is 21.7 Å². The van der Waals surface area contributed by atoms with E-state index in [2.05, 4.69) is 5.32 Å². The largest absolute Gasteiger partial charge is 0.451 e. The Morgan fingerprint density at radius 3 is 2.65 bits per heavy atom. The zero-order valence-electron chi connectivity index (χ0n) is 12.6. The smallest absolute Gasteiger partial charge is 0.287 e. The van der Waals surface area contributed by atoms with Crippen LogP contribution in [0.15, 0.2) is 52.9 Å². The van der Waals surface area contributed by atoms with Gasteiger partial charge in [-0.25, -0.2) is 0 Å². The number of carbonyl (C=O) groups is 1. The molecule has 1 N–H and O–H groups in total. The van der Waals surface area contributed by atoms with Crippen LogP contribution in [0.25, 0.3) is 11.0 Å². The predicted octanol–water partition coefficient (Wildman–Crippen LogP) is 4.16. The van der Waals surface area contributed by atoms with Crippen molar-refractivity contribution >= 4 is 28.5 Å². The Balaban J connectivity index is 1.82. The van der Waals surface area contributed by atoms with E-state index in [4.69, 9.17) is 20.8 Å². The molecule has 0 aliphatic carbocycles. The van der Waals surface area contributed by atoms with Gasteiger partial charge >= 0.3 is 0 Å². The third-order valence-electron chi connectivity index (χ3n) is 3.56. The number of para-hydroxylation sites is 1. The molecule has 23 heavy (non-hydrogen) atoms. The molecule has 1 heterocycles. The first-order valence-corrected chi connectivity index (χ1v) is 7.59. The summed E-state index contributed by atoms with van der Waals surface area (Å²) in [5, 5.41) is 4.42. The maximum atomic E-state index is 12.5. The standard InChI is InChI=1S/C18H16ClNO3/c1-22-11-15-14-4-2-3-5-16(14)23-17(15)18(21)20-10-12-6-8-13(19)9-7-12/h2-9H,10-11H2,1H3,(H,20,21). The van der Waals surface area contributed by atoms with Crippen LogP contribution in [-0.4, -0.2) is 13.0 Å². The Kier molecular flexibility index (Phi) is 4.65. The lowest BCUT2D eigenvalue weighted by Gasteiger charge is -2.05. The molecular weight excluding hydrogens is 314 g/mol. The van der Waals surface area contributed by atoms with Crippen molar-refractivity contribution in [3.05, 3.63) is 70.4 Å². The quantitative estimate of drug-likeness (QED) is 0.764. The Labute approximate surface area is 139 Å². The number of halogens is 1. The minimum Gasteiger partial charge on any atom is -0.451 e. The number of amides is 1. The van der Waals surface area contributed by atoms with E-state index in [1.54, 1.807) is 19.2 Å². The number of ether oxygens (including phenoxy) is 1. The Morgan fingerprint density at radius 2 is 1.91 bits per heavy atom. The van der Waals surface area contributed by atoms with Gasteiger partial charge in [0.2, 0.25) is 0 Å². The first kappa shape index (κ1) is 15.6. The van der Waals surface area contributed by atoms with Crippen LogP contribution < -0.4 is 5.32 Å². The lowest BCUT2D eigenvalue weighted by Crippen LogP contribution is -2.23. The van der Waals surface area contributed by atoms with Gasteiger partial charge in [0.1, 0.15) is 5.58 Å². The van der Waals surface area contributed by atoms with Crippen molar-refractivity contribution in [1.29, 1.82) is 0 Å². The molecule has 0 fully saturated rings. The van der Waals surface area contributed by atoms with E-state index in [1.807, 2.05) is 36.4 Å². The molecule has 0 radical (unpaired) electrons. The van der Waals surface area contributed by atoms with E-state index >= 15 is 0 Å². The topological polar surface area (TPSA) is 51.5 Å². The number of rotatable bonds is 5. The summed E-state index contributed by atoms with van der Waals surface area (Å²) >= 11 is 5.85. The molecule has 4 nitrogen and oxygen atoms in total. The van der Waals surface area contributed by atoms with E-state index in [9.17, 15) is 4.79 Å². The molecule has 0 spiro atoms. The van der Waals surface area contributed by atoms with E-state index in [1.165, 1.54) is 0 Å². The molecule has 1 aromatic heterocycles. The second-order valence-corrected chi connectivity index (χ2v) is 5.58. The van der Waals surface area contributed by atoms with Gasteiger partial charge in [-0.2, -0.15) is 0 Å². The van der Waals surface area contributed by atoms with Gasteiger partial charge in [-0.05, 0) is 23.8 Å². The van der Waals surface area contributed by atoms with Crippen molar-refractivity contribution in [2.75, 3.05) is 7.11 Å². The predicted molar refractivity (Wildman–Crippen MR) is 89.5 cm³/mol. The number of benzene rings is 2. The Morgan fingerprint density at radius 1 is 1.17 bits per heavy atom. The summed E-state index contributed by atoms with van der Waals surface area (Å²) in [6.45, 7) is 0.722. The lowest BCUT2D eigenvalue weighted by atomic mass is 10.1. The molecule has 0 atom stereocenters. The highest BCUT2D eigenvalue weighted by Gasteiger charge is 2.20. The molecule has 0 bridgehead atoms. The summed E-state index contributed by atoms with van der Waals surface area (Å²) < 4.78 is 10.9. The molecular formula is C18H16ClNO3. The second kappa shape index (κ2) is 6.86. The van der Waals surface area contributed by atoms with E-state index in [-0.39, 0.29) is 5.91 Å². The third-order valence-corrected chi connectivity index (χ3v) is 3.81. The molecule has 3 rings (SSSR count). The zero-order chi connectivity index (χ0) is 16.2. The van der Waals surface area contributed by atoms with Gasteiger partial charge in [0, 0.05) is 29.6 Å². The Hall–Kier alpha value is -2.30. The highest BCUT2D eigenvalue weighted by Crippen LogP contribution is 2.26. The van der Waals surface area contributed by atoms with Gasteiger partial charge in [0.25, 0.3) is 5.91 Å². The van der Waals surface area contributed by atoms with Crippen molar-refractivity contribution in [2.24, 2.45) is 0 Å². The van der Waals surface area contributed by atoms with Crippen LogP contribution in [0.5, 0.6) is 0 Å². The number of carbonyl (C=O) groups excluding carboxylic acids is 1. The fourth-order valence-corrected chi connectivity index (χ4v) is 2.56. The molecule has 5 heteroatoms. The van der Waals surface area contributed by atoms with E-state index in [0.29, 0.717) is 29.5 Å². The average molecular weight is 330 g/mol. The molecule has 0 saturated heterocycles. The van der Waals surface area contributed by atoms with Crippen molar-refractivity contribution in [2.45, 2.75) is 13.2 Å². The second-order valence-electron chi connectivity index (χ2n) is 5.15. The molecule has 118 valence electrons. The molecule has 2 aromatic carbocycles. The maximum Gasteiger partial charge on any atom is 0.287 e. The van der Waals surface area contributed by atoms with Gasteiger partial charge in [-0.15, -0.1) is 0 Å². The van der Waals surface area contributed by atoms with Crippen LogP contribution >= 0.6 is 11.6 Å². The van der Waals surface area contributed by atoms with Crippen molar-refractivity contribution in [1.82, 2.24) is 5.32 Å². The number of hydrogen-bond acceptors (Lipinski definition) is 3. The normalized spacial score (nSPS) is 10.9. The monoisotopic (exact) mass is 329 g/mol. The number of fused-ring (bicyclic) bond motifs is 1. The number of methoxy groups -OCH3 is 1. The van der Waals surface area contributed by atoms with Crippen LogP contribution in [0.4, 0.5) is 0 Å². The molecule has 0 aliphatic rings. The minimum absolute atomic E-state index is 0.261. The number of hydrogen-bond donors (Lipinski definition) is 1. The van der Waals surface area contributed by atoms with Gasteiger partial charge in [-0.3, -0.25) is 4.79 Å². The SMILES string of the molecule is COCc1c(C(=O)NCc2ccc(Cl)cc2)oc2ccccc12. The lowest BCUT2D eigenvalue weighted by molar-refractivity contribution is 0.0918. The summed E-state index contributed by atoms with van der Waals surface area (Å²) in [4.78, 5) is 12.5. The highest BCUT2D eigenvalue weighted by atomic mass is 35.5. The molecule has 0 saturated carbocycles. The average Bonchev–Trinajstić information content (AvgIpc) is 2.93. The minimum atomic E-state index is -0.261. The van der Waals surface area contributed by atoms with Crippen molar-refractivity contribution < 1.29 is 13.9 Å². The zero-order valence-corrected chi connectivity index (χ0v) is 13.4. The summed E-state index contributed by atoms with van der Waals surface area (Å²) in [7, 11) is 1.59. The molecule has 0 unspecified atom stereocenters. The van der Waals surface area contributed by atoms with Crippen molar-refractivity contribution in [3.63, 3.8) is 0 Å². The fourth-order valence-electron chi connectivity index (χ4n) is 2.43. The number of nitrogens with one attached hydrogen (secondary N) is 1. The van der Waals surface area contributed by atoms with Gasteiger partial charge < -0.3 is 14.5 Å². The summed E-state index contributed by atoms with van der Waals surface area (Å²) in [5.41, 5.74) is 2.40. The van der Waals surface area contributed by atoms with Gasteiger partial charge in [-0.1, -0.05) is 41.9 Å². The maximum absolute atomic E-state index is 12.5. The van der Waals surface area contributed by atoms with E-state index in [0.717, 1.165) is 16.5 Å². The van der Waals surface area contributed by atoms with Crippen LogP contribution in [0.2, 0.25) is 5.02 Å². The van der Waals surface area contributed by atoms with Crippen LogP contribution in [0, 0.1) is 0 Å². The molecule has 0 aliphatic heterocycles. The fraction of sp³-hybridized carbons (Fsp3) is 0.167. The highest BCUT2D eigenvalue weighted by molar-refractivity contribution is 6.30. The first-order chi connectivity index (χ1) is 11.2. The summed E-state index contributed by atoms with van der Waals surface area (Å²) in [6.07, 6.45) is 0. The van der Waals surface area contributed by atoms with Gasteiger partial charge in [0.05, 0.1) is 6.61 Å². The summed E-state index contributed by atoms with van der Waals surface area (Å²) in [6, 6.07) is 14.9. The van der Waals surface area contributed by atoms with Crippen LogP contribution in [-0.2, 0) is 17.9 Å². The van der Waals surface area contributed by atoms with Crippen molar-refractivity contribution in [3.8, 4) is 0 Å².